The first-order valence-electron chi connectivity index (χ1n) is 6.51. The van der Waals surface area contributed by atoms with E-state index in [1.807, 2.05) is 11.8 Å². The van der Waals surface area contributed by atoms with Gasteiger partial charge in [-0.1, -0.05) is 13.8 Å². The summed E-state index contributed by atoms with van der Waals surface area (Å²) in [4.78, 5) is 2.47. The molecule has 0 fully saturated rings. The van der Waals surface area contributed by atoms with Crippen molar-refractivity contribution in [1.82, 2.24) is 10.2 Å². The second kappa shape index (κ2) is 7.01. The molecule has 0 saturated carbocycles. The first-order valence-corrected chi connectivity index (χ1v) is 7.91. The Hall–Kier alpha value is 0.270. The minimum atomic E-state index is 0.209. The van der Waals surface area contributed by atoms with Gasteiger partial charge in [-0.2, -0.15) is 11.8 Å². The molecule has 0 rings (SSSR count). The van der Waals surface area contributed by atoms with Crippen LogP contribution < -0.4 is 5.32 Å². The molecule has 0 aliphatic rings. The van der Waals surface area contributed by atoms with Crippen molar-refractivity contribution in [3.8, 4) is 0 Å². The maximum atomic E-state index is 3.61. The fraction of sp³-hybridized carbons (Fsp3) is 1.00. The fourth-order valence-electron chi connectivity index (χ4n) is 1.76. The summed E-state index contributed by atoms with van der Waals surface area (Å²) < 4.78 is 0. The average molecular weight is 260 g/mol. The van der Waals surface area contributed by atoms with Gasteiger partial charge < -0.3 is 10.2 Å². The summed E-state index contributed by atoms with van der Waals surface area (Å²) in [6.45, 7) is 15.9. The van der Waals surface area contributed by atoms with Crippen LogP contribution in [0.2, 0.25) is 0 Å². The molecule has 1 atom stereocenters. The molecule has 0 aromatic carbocycles. The third-order valence-corrected chi connectivity index (χ3v) is 3.75. The van der Waals surface area contributed by atoms with E-state index in [9.17, 15) is 0 Å². The summed E-state index contributed by atoms with van der Waals surface area (Å²) in [5.74, 6) is 1.21. The van der Waals surface area contributed by atoms with Crippen molar-refractivity contribution in [3.05, 3.63) is 0 Å². The van der Waals surface area contributed by atoms with Crippen LogP contribution in [-0.2, 0) is 0 Å². The second-order valence-corrected chi connectivity index (χ2v) is 7.90. The Bertz CT molecular complexity index is 209. The molecule has 3 heteroatoms. The third-order valence-electron chi connectivity index (χ3n) is 2.94. The molecule has 0 amide bonds. The molecule has 0 saturated heterocycles. The van der Waals surface area contributed by atoms with Gasteiger partial charge in [-0.15, -0.1) is 0 Å². The largest absolute Gasteiger partial charge is 0.311 e. The first-order chi connectivity index (χ1) is 7.57. The standard InChI is InChI=1S/C14H32N2S/c1-12(9-17-8)16(7)11-14(5,6)10-15-13(2,3)4/h12,15H,9-11H2,1-8H3. The predicted octanol–water partition coefficient (Wildman–Crippen LogP) is 3.08. The smallest absolute Gasteiger partial charge is 0.0155 e. The molecule has 1 N–H and O–H groups in total. The molecule has 0 aliphatic heterocycles. The zero-order valence-corrected chi connectivity index (χ0v) is 13.9. The first kappa shape index (κ1) is 17.3. The van der Waals surface area contributed by atoms with Crippen LogP contribution in [0.25, 0.3) is 0 Å². The van der Waals surface area contributed by atoms with E-state index in [-0.39, 0.29) is 5.54 Å². The Balaban J connectivity index is 4.15. The zero-order valence-electron chi connectivity index (χ0n) is 13.1. The normalized spacial score (nSPS) is 15.4. The molecule has 0 aromatic heterocycles. The van der Waals surface area contributed by atoms with Crippen molar-refractivity contribution >= 4 is 11.8 Å². The predicted molar refractivity (Wildman–Crippen MR) is 82.0 cm³/mol. The van der Waals surface area contributed by atoms with Crippen molar-refractivity contribution in [2.24, 2.45) is 5.41 Å². The topological polar surface area (TPSA) is 15.3 Å². The molecule has 0 aromatic rings. The highest BCUT2D eigenvalue weighted by molar-refractivity contribution is 7.98. The fourth-order valence-corrected chi connectivity index (χ4v) is 2.50. The Morgan fingerprint density at radius 2 is 1.71 bits per heavy atom. The summed E-state index contributed by atoms with van der Waals surface area (Å²) in [7, 11) is 2.24. The van der Waals surface area contributed by atoms with Gasteiger partial charge in [0.1, 0.15) is 0 Å². The van der Waals surface area contributed by atoms with E-state index in [1.54, 1.807) is 0 Å². The van der Waals surface area contributed by atoms with E-state index in [4.69, 9.17) is 0 Å². The Morgan fingerprint density at radius 3 is 2.12 bits per heavy atom. The van der Waals surface area contributed by atoms with Gasteiger partial charge in [0.15, 0.2) is 0 Å². The quantitative estimate of drug-likeness (QED) is 0.757. The lowest BCUT2D eigenvalue weighted by Gasteiger charge is -2.36. The molecule has 0 spiro atoms. The Morgan fingerprint density at radius 1 is 1.18 bits per heavy atom. The van der Waals surface area contributed by atoms with Gasteiger partial charge >= 0.3 is 0 Å². The lowest BCUT2D eigenvalue weighted by atomic mass is 9.91. The summed E-state index contributed by atoms with van der Waals surface area (Å²) in [6, 6.07) is 0.652. The molecule has 0 radical (unpaired) electrons. The molecule has 2 nitrogen and oxygen atoms in total. The van der Waals surface area contributed by atoms with Crippen LogP contribution in [0.5, 0.6) is 0 Å². The number of rotatable bonds is 7. The van der Waals surface area contributed by atoms with Crippen molar-refractivity contribution in [2.45, 2.75) is 53.1 Å². The Labute approximate surface area is 113 Å². The van der Waals surface area contributed by atoms with E-state index in [0.717, 1.165) is 13.1 Å². The van der Waals surface area contributed by atoms with Crippen molar-refractivity contribution in [2.75, 3.05) is 32.1 Å². The van der Waals surface area contributed by atoms with Crippen LogP contribution in [0.1, 0.15) is 41.5 Å². The minimum absolute atomic E-state index is 0.209. The van der Waals surface area contributed by atoms with Crippen molar-refractivity contribution < 1.29 is 0 Å². The van der Waals surface area contributed by atoms with Crippen LogP contribution in [0, 0.1) is 5.41 Å². The summed E-state index contributed by atoms with van der Waals surface area (Å²) in [6.07, 6.45) is 2.18. The molecule has 17 heavy (non-hydrogen) atoms. The van der Waals surface area contributed by atoms with Crippen LogP contribution >= 0.6 is 11.8 Å². The number of nitrogens with zero attached hydrogens (tertiary/aromatic N) is 1. The van der Waals surface area contributed by atoms with Gasteiger partial charge in [-0.05, 0) is 46.4 Å². The summed E-state index contributed by atoms with van der Waals surface area (Å²) in [5.41, 5.74) is 0.523. The highest BCUT2D eigenvalue weighted by atomic mass is 32.2. The number of hydrogen-bond acceptors (Lipinski definition) is 3. The maximum Gasteiger partial charge on any atom is 0.0155 e. The zero-order chi connectivity index (χ0) is 13.7. The van der Waals surface area contributed by atoms with E-state index >= 15 is 0 Å². The lowest BCUT2D eigenvalue weighted by molar-refractivity contribution is 0.166. The average Bonchev–Trinajstić information content (AvgIpc) is 2.14. The van der Waals surface area contributed by atoms with E-state index in [0.29, 0.717) is 11.5 Å². The number of thioether (sulfide) groups is 1. The van der Waals surface area contributed by atoms with Gasteiger partial charge in [-0.25, -0.2) is 0 Å². The van der Waals surface area contributed by atoms with Gasteiger partial charge in [-0.3, -0.25) is 0 Å². The summed E-state index contributed by atoms with van der Waals surface area (Å²) in [5, 5.41) is 3.61. The molecular weight excluding hydrogens is 228 g/mol. The van der Waals surface area contributed by atoms with Crippen LogP contribution in [0.4, 0.5) is 0 Å². The van der Waals surface area contributed by atoms with Crippen LogP contribution in [0.15, 0.2) is 0 Å². The highest BCUT2D eigenvalue weighted by Gasteiger charge is 2.24. The number of nitrogens with one attached hydrogen (secondary N) is 1. The maximum absolute atomic E-state index is 3.61. The second-order valence-electron chi connectivity index (χ2n) is 6.99. The van der Waals surface area contributed by atoms with Gasteiger partial charge in [0.2, 0.25) is 0 Å². The molecule has 0 aliphatic carbocycles. The van der Waals surface area contributed by atoms with Gasteiger partial charge in [0.25, 0.3) is 0 Å². The monoisotopic (exact) mass is 260 g/mol. The molecular formula is C14H32N2S. The lowest BCUT2D eigenvalue weighted by Crippen LogP contribution is -2.47. The molecule has 104 valence electrons. The van der Waals surface area contributed by atoms with Crippen molar-refractivity contribution in [1.29, 1.82) is 0 Å². The Kier molecular flexibility index (Phi) is 7.12. The van der Waals surface area contributed by atoms with E-state index in [1.165, 1.54) is 5.75 Å². The molecule has 1 unspecified atom stereocenters. The number of hydrogen-bond donors (Lipinski definition) is 1. The van der Waals surface area contributed by atoms with E-state index in [2.05, 4.69) is 65.1 Å². The SMILES string of the molecule is CSCC(C)N(C)CC(C)(C)CNC(C)(C)C. The minimum Gasteiger partial charge on any atom is -0.311 e. The summed E-state index contributed by atoms with van der Waals surface area (Å²) >= 11 is 1.92. The van der Waals surface area contributed by atoms with Gasteiger partial charge in [0, 0.05) is 30.4 Å². The van der Waals surface area contributed by atoms with Crippen molar-refractivity contribution in [3.63, 3.8) is 0 Å². The van der Waals surface area contributed by atoms with Crippen LogP contribution in [-0.4, -0.2) is 48.6 Å². The van der Waals surface area contributed by atoms with Crippen LogP contribution in [0.3, 0.4) is 0 Å². The highest BCUT2D eigenvalue weighted by Crippen LogP contribution is 2.18. The van der Waals surface area contributed by atoms with Gasteiger partial charge in [0.05, 0.1) is 0 Å². The molecule has 0 bridgehead atoms. The van der Waals surface area contributed by atoms with E-state index < -0.39 is 0 Å². The third kappa shape index (κ3) is 8.92. The molecule has 0 heterocycles.